The lowest BCUT2D eigenvalue weighted by Crippen LogP contribution is -2.26. The van der Waals surface area contributed by atoms with Crippen LogP contribution in [0.5, 0.6) is 0 Å². The second-order valence-electron chi connectivity index (χ2n) is 4.73. The summed E-state index contributed by atoms with van der Waals surface area (Å²) in [7, 11) is -1.85. The lowest BCUT2D eigenvalue weighted by atomic mass is 10.1. The summed E-state index contributed by atoms with van der Waals surface area (Å²) < 4.78 is 28.4. The molecule has 21 heavy (non-hydrogen) atoms. The van der Waals surface area contributed by atoms with E-state index in [1.54, 1.807) is 37.1 Å². The molecule has 2 rings (SSSR count). The highest BCUT2D eigenvalue weighted by Gasteiger charge is 2.15. The Morgan fingerprint density at radius 3 is 2.81 bits per heavy atom. The van der Waals surface area contributed by atoms with Crippen molar-refractivity contribution in [3.8, 4) is 0 Å². The molecule has 0 saturated carbocycles. The van der Waals surface area contributed by atoms with E-state index in [9.17, 15) is 13.5 Å². The molecule has 0 aliphatic carbocycles. The molecule has 2 aromatic rings. The molecule has 1 atom stereocenters. The predicted octanol–water partition coefficient (Wildman–Crippen LogP) is 0.389. The van der Waals surface area contributed by atoms with Crippen molar-refractivity contribution in [2.24, 2.45) is 7.05 Å². The van der Waals surface area contributed by atoms with Gasteiger partial charge in [0.1, 0.15) is 6.33 Å². The van der Waals surface area contributed by atoms with Gasteiger partial charge < -0.3 is 5.11 Å². The number of sulfonamides is 1. The van der Waals surface area contributed by atoms with Crippen LogP contribution < -0.4 is 4.72 Å². The molecule has 1 heterocycles. The van der Waals surface area contributed by atoms with Gasteiger partial charge in [0.25, 0.3) is 0 Å². The number of nitrogens with zero attached hydrogens (tertiary/aromatic N) is 3. The molecule has 0 saturated heterocycles. The lowest BCUT2D eigenvalue weighted by molar-refractivity contribution is 0.199. The number of rotatable bonds is 6. The Labute approximate surface area is 123 Å². The number of nitrogens with one attached hydrogen (secondary N) is 1. The molecule has 0 amide bonds. The molecule has 2 N–H and O–H groups in total. The zero-order valence-corrected chi connectivity index (χ0v) is 12.7. The topological polar surface area (TPSA) is 97.1 Å². The molecule has 114 valence electrons. The van der Waals surface area contributed by atoms with Gasteiger partial charge in [-0.25, -0.2) is 18.1 Å². The van der Waals surface area contributed by atoms with Crippen molar-refractivity contribution in [3.63, 3.8) is 0 Å². The van der Waals surface area contributed by atoms with Crippen LogP contribution in [0.25, 0.3) is 0 Å². The van der Waals surface area contributed by atoms with Gasteiger partial charge in [-0.15, -0.1) is 0 Å². The van der Waals surface area contributed by atoms with E-state index < -0.39 is 16.1 Å². The molecule has 1 unspecified atom stereocenters. The predicted molar refractivity (Wildman–Crippen MR) is 77.0 cm³/mol. The molecular weight excluding hydrogens is 292 g/mol. The van der Waals surface area contributed by atoms with E-state index in [4.69, 9.17) is 0 Å². The minimum Gasteiger partial charge on any atom is -0.389 e. The Hall–Kier alpha value is -1.77. The van der Waals surface area contributed by atoms with Crippen LogP contribution in [0.15, 0.2) is 35.5 Å². The first kappa shape index (κ1) is 15.6. The summed E-state index contributed by atoms with van der Waals surface area (Å²) in [6, 6.07) is 6.25. The molecule has 0 aliphatic rings. The van der Waals surface area contributed by atoms with Crippen molar-refractivity contribution in [3.05, 3.63) is 42.0 Å². The average molecular weight is 310 g/mol. The van der Waals surface area contributed by atoms with Crippen molar-refractivity contribution < 1.29 is 13.5 Å². The van der Waals surface area contributed by atoms with Crippen LogP contribution in [-0.4, -0.2) is 34.8 Å². The van der Waals surface area contributed by atoms with Crippen LogP contribution in [0.4, 0.5) is 0 Å². The Balaban J connectivity index is 2.03. The van der Waals surface area contributed by atoms with E-state index in [2.05, 4.69) is 14.8 Å². The van der Waals surface area contributed by atoms with Crippen LogP contribution in [0.1, 0.15) is 24.4 Å². The molecule has 0 radical (unpaired) electrons. The van der Waals surface area contributed by atoms with Gasteiger partial charge in [-0.1, -0.05) is 12.1 Å². The quantitative estimate of drug-likeness (QED) is 0.804. The standard InChI is InChI=1S/C13H18N4O3S/c1-10(18)11-4-3-5-12(8-11)21(19,20)15-7-6-13-14-9-17(2)16-13/h3-5,8-10,15,18H,6-7H2,1-2H3. The fraction of sp³-hybridized carbons (Fsp3) is 0.385. The van der Waals surface area contributed by atoms with Gasteiger partial charge >= 0.3 is 0 Å². The van der Waals surface area contributed by atoms with Crippen LogP contribution in [0.3, 0.4) is 0 Å². The summed E-state index contributed by atoms with van der Waals surface area (Å²) >= 11 is 0. The van der Waals surface area contributed by atoms with Gasteiger partial charge in [0.15, 0.2) is 5.82 Å². The number of aryl methyl sites for hydroxylation is 1. The van der Waals surface area contributed by atoms with E-state index in [-0.39, 0.29) is 11.4 Å². The number of hydrogen-bond acceptors (Lipinski definition) is 5. The number of hydrogen-bond donors (Lipinski definition) is 2. The molecule has 0 spiro atoms. The molecule has 0 aliphatic heterocycles. The normalized spacial score (nSPS) is 13.3. The summed E-state index contributed by atoms with van der Waals surface area (Å²) in [5, 5.41) is 13.6. The van der Waals surface area contributed by atoms with Gasteiger partial charge in [-0.05, 0) is 24.6 Å². The van der Waals surface area contributed by atoms with Gasteiger partial charge in [-0.2, -0.15) is 5.10 Å². The summed E-state index contributed by atoms with van der Waals surface area (Å²) in [4.78, 5) is 4.16. The SMILES string of the molecule is CC(O)c1cccc(S(=O)(=O)NCCc2ncn(C)n2)c1. The second-order valence-corrected chi connectivity index (χ2v) is 6.50. The van der Waals surface area contributed by atoms with E-state index in [0.29, 0.717) is 17.8 Å². The maximum Gasteiger partial charge on any atom is 0.240 e. The van der Waals surface area contributed by atoms with Crippen molar-refractivity contribution in [1.29, 1.82) is 0 Å². The average Bonchev–Trinajstić information content (AvgIpc) is 2.84. The first-order chi connectivity index (χ1) is 9.88. The highest BCUT2D eigenvalue weighted by molar-refractivity contribution is 7.89. The van der Waals surface area contributed by atoms with Crippen molar-refractivity contribution in [2.75, 3.05) is 6.54 Å². The van der Waals surface area contributed by atoms with Crippen molar-refractivity contribution >= 4 is 10.0 Å². The minimum atomic E-state index is -3.60. The van der Waals surface area contributed by atoms with E-state index in [1.165, 1.54) is 12.1 Å². The molecule has 8 heteroatoms. The Morgan fingerprint density at radius 1 is 1.43 bits per heavy atom. The van der Waals surface area contributed by atoms with Crippen LogP contribution in [-0.2, 0) is 23.5 Å². The number of benzene rings is 1. The maximum atomic E-state index is 12.2. The Bertz CT molecular complexity index is 710. The fourth-order valence-electron chi connectivity index (χ4n) is 1.82. The van der Waals surface area contributed by atoms with E-state index >= 15 is 0 Å². The third-order valence-corrected chi connectivity index (χ3v) is 4.40. The minimum absolute atomic E-state index is 0.134. The lowest BCUT2D eigenvalue weighted by Gasteiger charge is -2.09. The third-order valence-electron chi connectivity index (χ3n) is 2.94. The van der Waals surface area contributed by atoms with E-state index in [0.717, 1.165) is 0 Å². The fourth-order valence-corrected chi connectivity index (χ4v) is 2.91. The summed E-state index contributed by atoms with van der Waals surface area (Å²) in [6.07, 6.45) is 1.27. The van der Waals surface area contributed by atoms with Crippen LogP contribution in [0, 0.1) is 0 Å². The van der Waals surface area contributed by atoms with Crippen LogP contribution >= 0.6 is 0 Å². The highest BCUT2D eigenvalue weighted by Crippen LogP contribution is 2.16. The first-order valence-electron chi connectivity index (χ1n) is 6.51. The second kappa shape index (κ2) is 6.33. The maximum absolute atomic E-state index is 12.2. The van der Waals surface area contributed by atoms with Crippen molar-refractivity contribution in [1.82, 2.24) is 19.5 Å². The molecule has 0 bridgehead atoms. The highest BCUT2D eigenvalue weighted by atomic mass is 32.2. The molecular formula is C13H18N4O3S. The summed E-state index contributed by atoms with van der Waals surface area (Å²) in [5.41, 5.74) is 0.560. The summed E-state index contributed by atoms with van der Waals surface area (Å²) in [5.74, 6) is 0.581. The number of aromatic nitrogens is 3. The van der Waals surface area contributed by atoms with Gasteiger partial charge in [0.05, 0.1) is 11.0 Å². The molecule has 1 aromatic heterocycles. The number of aliphatic hydroxyl groups excluding tert-OH is 1. The zero-order chi connectivity index (χ0) is 15.5. The van der Waals surface area contributed by atoms with Crippen LogP contribution in [0.2, 0.25) is 0 Å². The Kier molecular flexibility index (Phi) is 4.71. The van der Waals surface area contributed by atoms with Gasteiger partial charge in [0.2, 0.25) is 10.0 Å². The summed E-state index contributed by atoms with van der Waals surface area (Å²) in [6.45, 7) is 1.80. The molecule has 1 aromatic carbocycles. The number of aliphatic hydroxyl groups is 1. The van der Waals surface area contributed by atoms with E-state index in [1.807, 2.05) is 0 Å². The monoisotopic (exact) mass is 310 g/mol. The molecule has 0 fully saturated rings. The van der Waals surface area contributed by atoms with Gasteiger partial charge in [-0.3, -0.25) is 4.68 Å². The largest absolute Gasteiger partial charge is 0.389 e. The third kappa shape index (κ3) is 4.10. The van der Waals surface area contributed by atoms with Gasteiger partial charge in [0, 0.05) is 20.0 Å². The zero-order valence-electron chi connectivity index (χ0n) is 11.9. The Morgan fingerprint density at radius 2 is 2.19 bits per heavy atom. The smallest absolute Gasteiger partial charge is 0.240 e. The first-order valence-corrected chi connectivity index (χ1v) is 7.99. The van der Waals surface area contributed by atoms with Crippen molar-refractivity contribution in [2.45, 2.75) is 24.3 Å². The molecule has 7 nitrogen and oxygen atoms in total.